The Hall–Kier alpha value is -7.64. The van der Waals surface area contributed by atoms with Crippen molar-refractivity contribution in [1.29, 1.82) is 0 Å². The van der Waals surface area contributed by atoms with Crippen molar-refractivity contribution in [1.82, 2.24) is 10.2 Å². The lowest BCUT2D eigenvalue weighted by atomic mass is 9.65. The van der Waals surface area contributed by atoms with Crippen molar-refractivity contribution in [2.24, 2.45) is 5.92 Å². The highest BCUT2D eigenvalue weighted by molar-refractivity contribution is 6.23. The first-order chi connectivity index (χ1) is 31.6. The molecule has 3 aliphatic rings. The van der Waals surface area contributed by atoms with Crippen LogP contribution in [-0.2, 0) is 35.9 Å². The Bertz CT molecular complexity index is 2670. The molecule has 0 saturated carbocycles. The van der Waals surface area contributed by atoms with Crippen LogP contribution in [-0.4, -0.2) is 76.3 Å². The van der Waals surface area contributed by atoms with Gasteiger partial charge in [-0.05, 0) is 70.3 Å². The second-order valence-corrected chi connectivity index (χ2v) is 15.6. The van der Waals surface area contributed by atoms with E-state index in [2.05, 4.69) is 23.7 Å². The summed E-state index contributed by atoms with van der Waals surface area (Å²) in [4.78, 5) is 74.6. The summed E-state index contributed by atoms with van der Waals surface area (Å²) in [5, 5.41) is 33.3. The molecule has 5 aromatic rings. The minimum absolute atomic E-state index is 0.00996. The Balaban J connectivity index is 1.40. The summed E-state index contributed by atoms with van der Waals surface area (Å²) in [6.07, 6.45) is -0.433. The van der Waals surface area contributed by atoms with Crippen LogP contribution in [0.4, 0.5) is 16.2 Å². The van der Waals surface area contributed by atoms with Gasteiger partial charge < -0.3 is 29.7 Å². The van der Waals surface area contributed by atoms with Gasteiger partial charge in [0.1, 0.15) is 36.5 Å². The number of anilines is 1. The summed E-state index contributed by atoms with van der Waals surface area (Å²) in [6.45, 7) is 2.94. The number of rotatable bonds is 13. The number of ether oxygens (including phenoxy) is 3. The van der Waals surface area contributed by atoms with Crippen LogP contribution in [0.15, 0.2) is 140 Å². The van der Waals surface area contributed by atoms with Crippen LogP contribution in [0.5, 0.6) is 5.75 Å². The maximum absolute atomic E-state index is 16.2. The number of carbonyl (C=O) groups is 4. The molecule has 15 nitrogen and oxygen atoms in total. The Morgan fingerprint density at radius 1 is 0.877 bits per heavy atom. The number of benzene rings is 5. The smallest absolute Gasteiger partial charge is 0.421 e. The van der Waals surface area contributed by atoms with Crippen molar-refractivity contribution in [2.75, 3.05) is 31.3 Å². The number of nitro benzene ring substituents is 1. The largest absolute Gasteiger partial charge is 0.491 e. The van der Waals surface area contributed by atoms with Crippen molar-refractivity contribution in [3.63, 3.8) is 0 Å². The van der Waals surface area contributed by atoms with E-state index in [1.165, 1.54) is 36.4 Å². The molecule has 0 radical (unpaired) electrons. The average molecular weight is 877 g/mol. The molecule has 2 saturated heterocycles. The van der Waals surface area contributed by atoms with Gasteiger partial charge in [-0.1, -0.05) is 90.7 Å². The van der Waals surface area contributed by atoms with Crippen molar-refractivity contribution in [2.45, 2.75) is 42.7 Å². The molecule has 6 unspecified atom stereocenters. The molecule has 65 heavy (non-hydrogen) atoms. The predicted molar refractivity (Wildman–Crippen MR) is 236 cm³/mol. The molecule has 15 heteroatoms. The molecule has 6 atom stereocenters. The second-order valence-electron chi connectivity index (χ2n) is 15.6. The highest BCUT2D eigenvalue weighted by Crippen LogP contribution is 2.66. The SMILES string of the molecule is C=CCNC(=O)C1C2C(=O)OC(c3ccccc3)C(c3ccccc3)N2C(c2ccc(OCCO)cc2)C12C(=O)N(C(=O)OCc1ccc([N+](=O)[O-])cc1)c1ccc(C#CCCO)cc12. The molecular formula is C50H44N4O11. The number of hydrogen-bond acceptors (Lipinski definition) is 12. The molecule has 5 aromatic carbocycles. The monoisotopic (exact) mass is 876 g/mol. The van der Waals surface area contributed by atoms with Crippen LogP contribution < -0.4 is 15.0 Å². The van der Waals surface area contributed by atoms with Crippen LogP contribution in [0.25, 0.3) is 0 Å². The molecule has 2 fully saturated rings. The van der Waals surface area contributed by atoms with E-state index in [1.54, 1.807) is 36.4 Å². The summed E-state index contributed by atoms with van der Waals surface area (Å²) in [6, 6.07) is 32.0. The molecule has 3 heterocycles. The van der Waals surface area contributed by atoms with Crippen LogP contribution in [0, 0.1) is 27.9 Å². The van der Waals surface area contributed by atoms with Crippen molar-refractivity contribution in [3.8, 4) is 17.6 Å². The third kappa shape index (κ3) is 8.10. The number of esters is 1. The number of morpholine rings is 1. The number of nitro groups is 1. The molecule has 0 aromatic heterocycles. The van der Waals surface area contributed by atoms with Gasteiger partial charge in [0.2, 0.25) is 11.8 Å². The predicted octanol–water partition coefficient (Wildman–Crippen LogP) is 6.00. The van der Waals surface area contributed by atoms with Crippen LogP contribution in [0.2, 0.25) is 0 Å². The maximum Gasteiger partial charge on any atom is 0.421 e. The zero-order chi connectivity index (χ0) is 45.7. The number of fused-ring (bicyclic) bond motifs is 3. The standard InChI is InChI=1S/C50H44N4O11/c1-2-26-51-46(57)41-43-47(58)65-44(35-14-7-4-8-15-35)42(34-12-5-3-6-13-34)53(43)45(36-19-23-38(24-20-36)63-29-28-56)50(41)39-30-32(11-9-10-27-55)18-25-40(39)52(48(50)59)49(60)64-31-33-16-21-37(22-17-33)54(61)62/h2-8,12-25,30,41-45,55-56H,1,10,26-29,31H2,(H,51,57). The molecule has 0 bridgehead atoms. The van der Waals surface area contributed by atoms with E-state index in [4.69, 9.17) is 14.2 Å². The summed E-state index contributed by atoms with van der Waals surface area (Å²) < 4.78 is 18.0. The number of amides is 3. The molecular weight excluding hydrogens is 833 g/mol. The topological polar surface area (TPSA) is 198 Å². The summed E-state index contributed by atoms with van der Waals surface area (Å²) in [7, 11) is 0. The lowest BCUT2D eigenvalue weighted by Crippen LogP contribution is -2.55. The Morgan fingerprint density at radius 2 is 1.57 bits per heavy atom. The lowest BCUT2D eigenvalue weighted by molar-refractivity contribution is -0.384. The number of carbonyl (C=O) groups excluding carboxylic acids is 4. The van der Waals surface area contributed by atoms with Crippen molar-refractivity contribution in [3.05, 3.63) is 184 Å². The zero-order valence-electron chi connectivity index (χ0n) is 34.9. The van der Waals surface area contributed by atoms with Crippen LogP contribution in [0.3, 0.4) is 0 Å². The fourth-order valence-electron chi connectivity index (χ4n) is 9.30. The first-order valence-corrected chi connectivity index (χ1v) is 20.9. The molecule has 3 aliphatic heterocycles. The van der Waals surface area contributed by atoms with Gasteiger partial charge in [0.25, 0.3) is 5.69 Å². The highest BCUT2D eigenvalue weighted by Gasteiger charge is 2.75. The number of aliphatic hydroxyl groups is 2. The fraction of sp³-hybridized carbons (Fsp3) is 0.240. The highest BCUT2D eigenvalue weighted by atomic mass is 16.6. The van der Waals surface area contributed by atoms with E-state index in [0.29, 0.717) is 33.6 Å². The van der Waals surface area contributed by atoms with Gasteiger partial charge in [0.05, 0.1) is 41.8 Å². The minimum atomic E-state index is -2.09. The Kier molecular flexibility index (Phi) is 12.9. The molecule has 0 aliphatic carbocycles. The average Bonchev–Trinajstić information content (AvgIpc) is 3.79. The van der Waals surface area contributed by atoms with E-state index in [0.717, 1.165) is 4.90 Å². The number of nitrogens with zero attached hydrogens (tertiary/aromatic N) is 3. The second kappa shape index (κ2) is 19.0. The van der Waals surface area contributed by atoms with E-state index < -0.39 is 64.4 Å². The molecule has 8 rings (SSSR count). The maximum atomic E-state index is 16.2. The number of non-ortho nitro benzene ring substituents is 1. The fourth-order valence-corrected chi connectivity index (χ4v) is 9.30. The number of aliphatic hydroxyl groups excluding tert-OH is 2. The van der Waals surface area contributed by atoms with E-state index in [9.17, 15) is 25.1 Å². The molecule has 3 N–H and O–H groups in total. The first kappa shape index (κ1) is 44.0. The quantitative estimate of drug-likeness (QED) is 0.0411. The van der Waals surface area contributed by atoms with E-state index in [-0.39, 0.29) is 56.3 Å². The summed E-state index contributed by atoms with van der Waals surface area (Å²) in [5.74, 6) is 2.46. The minimum Gasteiger partial charge on any atom is -0.491 e. The van der Waals surface area contributed by atoms with Gasteiger partial charge in [0, 0.05) is 30.7 Å². The number of cyclic esters (lactones) is 1. The normalized spacial score (nSPS) is 21.9. The molecule has 330 valence electrons. The Labute approximate surface area is 374 Å². The van der Waals surface area contributed by atoms with Gasteiger partial charge in [-0.3, -0.25) is 29.4 Å². The molecule has 3 amide bonds. The van der Waals surface area contributed by atoms with E-state index in [1.807, 2.05) is 65.6 Å². The number of nitrogens with one attached hydrogen (secondary N) is 1. The van der Waals surface area contributed by atoms with Crippen molar-refractivity contribution >= 4 is 35.3 Å². The van der Waals surface area contributed by atoms with Crippen LogP contribution >= 0.6 is 0 Å². The first-order valence-electron chi connectivity index (χ1n) is 20.9. The summed E-state index contributed by atoms with van der Waals surface area (Å²) in [5.41, 5.74) is 0.685. The Morgan fingerprint density at radius 3 is 2.22 bits per heavy atom. The van der Waals surface area contributed by atoms with Crippen LogP contribution in [0.1, 0.15) is 58.0 Å². The van der Waals surface area contributed by atoms with Gasteiger partial charge in [-0.15, -0.1) is 6.58 Å². The number of imide groups is 1. The lowest BCUT2D eigenvalue weighted by Gasteiger charge is -2.46. The van der Waals surface area contributed by atoms with Gasteiger partial charge in [0.15, 0.2) is 0 Å². The van der Waals surface area contributed by atoms with Gasteiger partial charge >= 0.3 is 12.1 Å². The molecule has 1 spiro atoms. The number of hydrogen-bond donors (Lipinski definition) is 3. The van der Waals surface area contributed by atoms with Gasteiger partial charge in [-0.2, -0.15) is 0 Å². The third-order valence-corrected chi connectivity index (χ3v) is 11.9. The third-order valence-electron chi connectivity index (χ3n) is 11.9. The zero-order valence-corrected chi connectivity index (χ0v) is 34.9. The summed E-state index contributed by atoms with van der Waals surface area (Å²) >= 11 is 0. The van der Waals surface area contributed by atoms with Gasteiger partial charge in [-0.25, -0.2) is 9.69 Å². The van der Waals surface area contributed by atoms with E-state index >= 15 is 14.4 Å². The van der Waals surface area contributed by atoms with Crippen molar-refractivity contribution < 1.29 is 48.5 Å².